The minimum absolute atomic E-state index is 0.0564. The van der Waals surface area contributed by atoms with Crippen LogP contribution in [0.5, 0.6) is 5.75 Å². The highest BCUT2D eigenvalue weighted by Gasteiger charge is 2.17. The number of amides is 1. The molecule has 0 aliphatic carbocycles. The van der Waals surface area contributed by atoms with Crippen molar-refractivity contribution < 1.29 is 27.6 Å². The molecule has 2 aromatic carbocycles. The summed E-state index contributed by atoms with van der Waals surface area (Å²) < 4.78 is 46.8. The zero-order valence-corrected chi connectivity index (χ0v) is 22.1. The molecule has 10 nitrogen and oxygen atoms in total. The van der Waals surface area contributed by atoms with Crippen LogP contribution >= 0.6 is 0 Å². The van der Waals surface area contributed by atoms with E-state index in [-0.39, 0.29) is 24.1 Å². The second kappa shape index (κ2) is 12.7. The van der Waals surface area contributed by atoms with Crippen LogP contribution in [0, 0.1) is 11.7 Å². The molecule has 1 unspecified atom stereocenters. The average Bonchev–Trinajstić information content (AvgIpc) is 2.88. The fourth-order valence-electron chi connectivity index (χ4n) is 3.93. The molecule has 1 aliphatic rings. The third-order valence-electron chi connectivity index (χ3n) is 5.72. The highest BCUT2D eigenvalue weighted by Crippen LogP contribution is 2.30. The number of nitrogens with zero attached hydrogens (tertiary/aromatic N) is 4. The van der Waals surface area contributed by atoms with Gasteiger partial charge in [-0.15, -0.1) is 4.36 Å². The lowest BCUT2D eigenvalue weighted by atomic mass is 10.0. The van der Waals surface area contributed by atoms with E-state index >= 15 is 0 Å². The molecule has 3 aromatic rings. The lowest BCUT2D eigenvalue weighted by Gasteiger charge is -2.22. The molecule has 0 saturated carbocycles. The molecule has 4 rings (SSSR count). The van der Waals surface area contributed by atoms with E-state index in [2.05, 4.69) is 24.6 Å². The van der Waals surface area contributed by atoms with Gasteiger partial charge in [-0.2, -0.15) is 4.98 Å². The van der Waals surface area contributed by atoms with E-state index in [1.54, 1.807) is 37.3 Å². The van der Waals surface area contributed by atoms with Gasteiger partial charge in [-0.1, -0.05) is 12.1 Å². The van der Waals surface area contributed by atoms with Gasteiger partial charge < -0.3 is 19.5 Å². The Labute approximate surface area is 221 Å². The first-order valence-corrected chi connectivity index (χ1v) is 14.3. The monoisotopic (exact) mass is 543 g/mol. The van der Waals surface area contributed by atoms with Gasteiger partial charge in [0.2, 0.25) is 5.95 Å². The molecule has 1 N–H and O–H groups in total. The van der Waals surface area contributed by atoms with Crippen molar-refractivity contribution in [3.63, 3.8) is 0 Å². The molecule has 0 bridgehead atoms. The van der Waals surface area contributed by atoms with Gasteiger partial charge in [0.15, 0.2) is 5.82 Å². The molecular weight excluding hydrogens is 513 g/mol. The number of carbonyl (C=O) groups excluding carboxylic acids is 1. The maximum atomic E-state index is 14.2. The molecule has 0 spiro atoms. The highest BCUT2D eigenvalue weighted by molar-refractivity contribution is 7.92. The smallest absolute Gasteiger partial charge is 0.441 e. The van der Waals surface area contributed by atoms with E-state index in [4.69, 9.17) is 14.2 Å². The normalized spacial score (nSPS) is 15.3. The number of hydrogen-bond donors (Lipinski definition) is 1. The average molecular weight is 544 g/mol. The number of anilines is 2. The van der Waals surface area contributed by atoms with Crippen LogP contribution in [0.1, 0.15) is 25.3 Å². The lowest BCUT2D eigenvalue weighted by molar-refractivity contribution is 0.0498. The molecule has 1 fully saturated rings. The summed E-state index contributed by atoms with van der Waals surface area (Å²) in [4.78, 5) is 24.5. The molecule has 1 atom stereocenters. The van der Waals surface area contributed by atoms with Crippen LogP contribution in [0.25, 0.3) is 11.4 Å². The van der Waals surface area contributed by atoms with Crippen molar-refractivity contribution >= 4 is 27.5 Å². The van der Waals surface area contributed by atoms with Crippen molar-refractivity contribution in [3.8, 4) is 17.1 Å². The Morgan fingerprint density at radius 2 is 2.03 bits per heavy atom. The summed E-state index contributed by atoms with van der Waals surface area (Å²) in [7, 11) is -2.84. The number of nitrogens with one attached hydrogen (secondary N) is 1. The van der Waals surface area contributed by atoms with Gasteiger partial charge >= 0.3 is 6.09 Å². The Morgan fingerprint density at radius 1 is 1.21 bits per heavy atom. The molecular formula is C26H30FN5O5S. The van der Waals surface area contributed by atoms with Gasteiger partial charge in [0, 0.05) is 25.2 Å². The molecule has 1 aliphatic heterocycles. The van der Waals surface area contributed by atoms with Crippen molar-refractivity contribution in [3.05, 3.63) is 60.2 Å². The van der Waals surface area contributed by atoms with E-state index in [1.165, 1.54) is 24.7 Å². The third kappa shape index (κ3) is 7.93. The number of halogens is 1. The highest BCUT2D eigenvalue weighted by atomic mass is 32.2. The largest absolute Gasteiger partial charge is 0.493 e. The maximum absolute atomic E-state index is 14.2. The molecule has 1 saturated heterocycles. The van der Waals surface area contributed by atoms with Gasteiger partial charge in [0.1, 0.15) is 17.9 Å². The van der Waals surface area contributed by atoms with E-state index in [9.17, 15) is 13.4 Å². The standard InChI is InChI=1S/C26H30FN5O5S/c1-3-36-26(33)32-38(2,34)16-19-5-4-6-21(13-19)30-25-29-17-28-24(31-25)22-14-20(27)7-8-23(22)37-15-18-9-11-35-12-10-18/h4-8,13-14,17-18H,3,9-12,15-16H2,1-2H3,(H,28,29,30,31). The molecule has 0 radical (unpaired) electrons. The molecule has 12 heteroatoms. The molecule has 202 valence electrons. The predicted molar refractivity (Wildman–Crippen MR) is 141 cm³/mol. The summed E-state index contributed by atoms with van der Waals surface area (Å²) in [6, 6.07) is 11.4. The second-order valence-electron chi connectivity index (χ2n) is 8.86. The Balaban J connectivity index is 1.50. The van der Waals surface area contributed by atoms with Crippen LogP contribution in [-0.4, -0.2) is 57.9 Å². The van der Waals surface area contributed by atoms with E-state index in [0.717, 1.165) is 12.8 Å². The number of ether oxygens (including phenoxy) is 3. The maximum Gasteiger partial charge on any atom is 0.441 e. The van der Waals surface area contributed by atoms with E-state index in [1.807, 2.05) is 0 Å². The Hall–Kier alpha value is -3.64. The summed E-state index contributed by atoms with van der Waals surface area (Å²) in [5.74, 6) is 0.969. The van der Waals surface area contributed by atoms with Gasteiger partial charge in [0.25, 0.3) is 0 Å². The zero-order valence-electron chi connectivity index (χ0n) is 21.3. The van der Waals surface area contributed by atoms with Gasteiger partial charge in [-0.25, -0.2) is 23.4 Å². The summed E-state index contributed by atoms with van der Waals surface area (Å²) in [5.41, 5.74) is 1.74. The van der Waals surface area contributed by atoms with Crippen LogP contribution in [-0.2, 0) is 25.0 Å². The lowest BCUT2D eigenvalue weighted by Crippen LogP contribution is -2.21. The summed E-state index contributed by atoms with van der Waals surface area (Å²) >= 11 is 0. The van der Waals surface area contributed by atoms with Crippen LogP contribution in [0.2, 0.25) is 0 Å². The minimum atomic E-state index is -2.84. The number of hydrogen-bond acceptors (Lipinski definition) is 9. The minimum Gasteiger partial charge on any atom is -0.493 e. The van der Waals surface area contributed by atoms with Crippen LogP contribution < -0.4 is 10.1 Å². The van der Waals surface area contributed by atoms with Gasteiger partial charge in [-0.05, 0) is 61.6 Å². The van der Waals surface area contributed by atoms with Gasteiger partial charge in [-0.3, -0.25) is 0 Å². The summed E-state index contributed by atoms with van der Waals surface area (Å²) in [6.07, 6.45) is 3.72. The quantitative estimate of drug-likeness (QED) is 0.398. The summed E-state index contributed by atoms with van der Waals surface area (Å²) in [6.45, 7) is 3.73. The Kier molecular flexibility index (Phi) is 9.19. The van der Waals surface area contributed by atoms with Crippen molar-refractivity contribution in [1.82, 2.24) is 15.0 Å². The number of rotatable bonds is 9. The Morgan fingerprint density at radius 3 is 2.82 bits per heavy atom. The fraction of sp³-hybridized carbons (Fsp3) is 0.385. The van der Waals surface area contributed by atoms with Crippen molar-refractivity contribution in [2.45, 2.75) is 25.5 Å². The molecule has 1 amide bonds. The summed E-state index contributed by atoms with van der Waals surface area (Å²) in [5, 5.41) is 3.09. The second-order valence-corrected chi connectivity index (χ2v) is 11.2. The van der Waals surface area contributed by atoms with E-state index < -0.39 is 21.6 Å². The first kappa shape index (κ1) is 27.4. The van der Waals surface area contributed by atoms with Crippen LogP contribution in [0.4, 0.5) is 20.8 Å². The first-order chi connectivity index (χ1) is 18.3. The number of aromatic nitrogens is 3. The topological polar surface area (TPSA) is 125 Å². The SMILES string of the molecule is CCOC(=O)N=S(C)(=O)Cc1cccc(Nc2ncnc(-c3cc(F)ccc3OCC3CCOCC3)n2)c1. The third-order valence-corrected chi connectivity index (χ3v) is 7.13. The molecule has 2 heterocycles. The Bertz CT molecular complexity index is 1390. The van der Waals surface area contributed by atoms with Crippen molar-refractivity contribution in [2.24, 2.45) is 10.3 Å². The van der Waals surface area contributed by atoms with Crippen LogP contribution in [0.15, 0.2) is 53.2 Å². The van der Waals surface area contributed by atoms with E-state index in [0.29, 0.717) is 48.3 Å². The van der Waals surface area contributed by atoms with Crippen molar-refractivity contribution in [1.29, 1.82) is 0 Å². The molecule has 38 heavy (non-hydrogen) atoms. The number of carbonyl (C=O) groups is 1. The van der Waals surface area contributed by atoms with Gasteiger partial charge in [0.05, 0.1) is 34.3 Å². The van der Waals surface area contributed by atoms with Crippen LogP contribution in [0.3, 0.4) is 0 Å². The molecule has 1 aromatic heterocycles. The predicted octanol–water partition coefficient (Wildman–Crippen LogP) is 4.98. The first-order valence-electron chi connectivity index (χ1n) is 12.2. The van der Waals surface area contributed by atoms with Crippen molar-refractivity contribution in [2.75, 3.05) is 38.0 Å². The zero-order chi connectivity index (χ0) is 27.0. The fourth-order valence-corrected chi connectivity index (χ4v) is 5.16. The number of benzene rings is 2.